The van der Waals surface area contributed by atoms with Crippen molar-refractivity contribution in [1.82, 2.24) is 9.80 Å². The highest BCUT2D eigenvalue weighted by atomic mass is 19.4. The molecule has 7 heteroatoms. The molecule has 0 unspecified atom stereocenters. The number of halogens is 3. The van der Waals surface area contributed by atoms with Gasteiger partial charge in [0.15, 0.2) is 0 Å². The molecule has 30 heavy (non-hydrogen) atoms. The van der Waals surface area contributed by atoms with Crippen molar-refractivity contribution in [2.45, 2.75) is 32.8 Å². The lowest BCUT2D eigenvalue weighted by Crippen LogP contribution is -2.23. The Kier molecular flexibility index (Phi) is 5.32. The number of fused-ring (bicyclic) bond motifs is 1. The van der Waals surface area contributed by atoms with E-state index >= 15 is 0 Å². The first-order valence-corrected chi connectivity index (χ1v) is 9.85. The largest absolute Gasteiger partial charge is 0.573 e. The standard InChI is InChI=1S/C23H23F3N2O2/c1-15-11-18(17-7-9-27(2)10-8-17)12-19-14-28(22(29)21(15)19)13-16-3-5-20(6-4-16)30-23(24,25)26/h3-7,11-12H,8-10,13-14H2,1-2H3. The third-order valence-corrected chi connectivity index (χ3v) is 5.59. The van der Waals surface area contributed by atoms with Gasteiger partial charge in [-0.05, 0) is 66.4 Å². The van der Waals surface area contributed by atoms with E-state index in [9.17, 15) is 18.0 Å². The number of alkyl halides is 3. The fourth-order valence-electron chi connectivity index (χ4n) is 4.09. The van der Waals surface area contributed by atoms with Gasteiger partial charge < -0.3 is 14.5 Å². The first-order chi connectivity index (χ1) is 14.2. The number of rotatable bonds is 4. The predicted molar refractivity (Wildman–Crippen MR) is 108 cm³/mol. The number of aryl methyl sites for hydroxylation is 1. The third kappa shape index (κ3) is 4.36. The predicted octanol–water partition coefficient (Wildman–Crippen LogP) is 4.77. The number of amides is 1. The van der Waals surface area contributed by atoms with Gasteiger partial charge in [0.2, 0.25) is 0 Å². The molecule has 0 radical (unpaired) electrons. The number of benzene rings is 2. The lowest BCUT2D eigenvalue weighted by molar-refractivity contribution is -0.274. The molecular weight excluding hydrogens is 393 g/mol. The van der Waals surface area contributed by atoms with E-state index in [0.717, 1.165) is 41.8 Å². The van der Waals surface area contributed by atoms with Crippen LogP contribution in [0.25, 0.3) is 5.57 Å². The summed E-state index contributed by atoms with van der Waals surface area (Å²) in [4.78, 5) is 16.9. The van der Waals surface area contributed by atoms with Crippen LogP contribution in [0.15, 0.2) is 42.5 Å². The number of likely N-dealkylation sites (N-methyl/N-ethyl adjacent to an activating group) is 1. The number of hydrogen-bond donors (Lipinski definition) is 0. The Morgan fingerprint density at radius 3 is 2.50 bits per heavy atom. The van der Waals surface area contributed by atoms with Crippen LogP contribution in [0.1, 0.15) is 39.0 Å². The molecule has 0 aliphatic carbocycles. The molecule has 4 nitrogen and oxygen atoms in total. The zero-order valence-electron chi connectivity index (χ0n) is 16.9. The smallest absolute Gasteiger partial charge is 0.406 e. The van der Waals surface area contributed by atoms with Crippen LogP contribution in [0.3, 0.4) is 0 Å². The van der Waals surface area contributed by atoms with Crippen molar-refractivity contribution in [2.75, 3.05) is 20.1 Å². The Balaban J connectivity index is 1.50. The van der Waals surface area contributed by atoms with Gasteiger partial charge >= 0.3 is 6.36 Å². The maximum absolute atomic E-state index is 12.9. The van der Waals surface area contributed by atoms with Crippen LogP contribution in [0.2, 0.25) is 0 Å². The summed E-state index contributed by atoms with van der Waals surface area (Å²) < 4.78 is 40.8. The summed E-state index contributed by atoms with van der Waals surface area (Å²) in [5.41, 5.74) is 5.94. The Labute approximate surface area is 173 Å². The lowest BCUT2D eigenvalue weighted by atomic mass is 9.93. The topological polar surface area (TPSA) is 32.8 Å². The molecule has 0 saturated heterocycles. The number of nitrogens with zero attached hydrogens (tertiary/aromatic N) is 2. The second-order valence-electron chi connectivity index (χ2n) is 7.92. The lowest BCUT2D eigenvalue weighted by Gasteiger charge is -2.22. The summed E-state index contributed by atoms with van der Waals surface area (Å²) in [6.45, 7) is 4.73. The van der Waals surface area contributed by atoms with Crippen molar-refractivity contribution in [3.05, 3.63) is 70.3 Å². The highest BCUT2D eigenvalue weighted by Crippen LogP contribution is 2.32. The van der Waals surface area contributed by atoms with Crippen molar-refractivity contribution in [3.63, 3.8) is 0 Å². The summed E-state index contributed by atoms with van der Waals surface area (Å²) in [6.07, 6.45) is -1.49. The maximum Gasteiger partial charge on any atom is 0.573 e. The first-order valence-electron chi connectivity index (χ1n) is 9.85. The average molecular weight is 416 g/mol. The fraction of sp³-hybridized carbons (Fsp3) is 0.348. The fourth-order valence-corrected chi connectivity index (χ4v) is 4.09. The van der Waals surface area contributed by atoms with E-state index in [2.05, 4.69) is 34.9 Å². The zero-order valence-corrected chi connectivity index (χ0v) is 16.9. The summed E-state index contributed by atoms with van der Waals surface area (Å²) in [7, 11) is 2.10. The molecule has 0 atom stereocenters. The number of hydrogen-bond acceptors (Lipinski definition) is 3. The van der Waals surface area contributed by atoms with Gasteiger partial charge in [0.05, 0.1) is 0 Å². The second-order valence-corrected chi connectivity index (χ2v) is 7.92. The molecule has 158 valence electrons. The van der Waals surface area contributed by atoms with E-state index in [0.29, 0.717) is 13.1 Å². The van der Waals surface area contributed by atoms with Crippen LogP contribution in [0.4, 0.5) is 13.2 Å². The summed E-state index contributed by atoms with van der Waals surface area (Å²) in [5.74, 6) is -0.309. The SMILES string of the molecule is Cc1cc(C2=CCN(C)CC2)cc2c1C(=O)N(Cc1ccc(OC(F)(F)F)cc1)C2. The molecule has 2 aromatic carbocycles. The summed E-state index contributed by atoms with van der Waals surface area (Å²) in [5, 5.41) is 0. The van der Waals surface area contributed by atoms with Crippen LogP contribution >= 0.6 is 0 Å². The van der Waals surface area contributed by atoms with Crippen LogP contribution in [0.5, 0.6) is 5.75 Å². The minimum absolute atomic E-state index is 0.0398. The van der Waals surface area contributed by atoms with Crippen molar-refractivity contribution in [3.8, 4) is 5.75 Å². The van der Waals surface area contributed by atoms with Crippen LogP contribution < -0.4 is 4.74 Å². The number of carbonyl (C=O) groups excluding carboxylic acids is 1. The molecule has 0 fully saturated rings. The average Bonchev–Trinajstić information content (AvgIpc) is 2.98. The van der Waals surface area contributed by atoms with Crippen LogP contribution in [-0.4, -0.2) is 42.2 Å². The first kappa shape index (κ1) is 20.5. The molecule has 0 N–H and O–H groups in total. The minimum atomic E-state index is -4.72. The molecule has 0 aromatic heterocycles. The molecule has 2 heterocycles. The zero-order chi connectivity index (χ0) is 21.5. The van der Waals surface area contributed by atoms with Gasteiger partial charge in [0.25, 0.3) is 5.91 Å². The third-order valence-electron chi connectivity index (χ3n) is 5.59. The Morgan fingerprint density at radius 1 is 1.13 bits per heavy atom. The van der Waals surface area contributed by atoms with Gasteiger partial charge in [-0.3, -0.25) is 4.79 Å². The van der Waals surface area contributed by atoms with E-state index in [4.69, 9.17) is 0 Å². The van der Waals surface area contributed by atoms with E-state index in [1.807, 2.05) is 6.92 Å². The van der Waals surface area contributed by atoms with Crippen molar-refractivity contribution < 1.29 is 22.7 Å². The maximum atomic E-state index is 12.9. The Morgan fingerprint density at radius 2 is 1.87 bits per heavy atom. The number of ether oxygens (including phenoxy) is 1. The summed E-state index contributed by atoms with van der Waals surface area (Å²) >= 11 is 0. The van der Waals surface area contributed by atoms with Gasteiger partial charge in [0, 0.05) is 31.7 Å². The van der Waals surface area contributed by atoms with Crippen LogP contribution in [-0.2, 0) is 13.1 Å². The van der Waals surface area contributed by atoms with E-state index < -0.39 is 6.36 Å². The van der Waals surface area contributed by atoms with Gasteiger partial charge in [-0.2, -0.15) is 0 Å². The second kappa shape index (κ2) is 7.80. The quantitative estimate of drug-likeness (QED) is 0.720. The number of carbonyl (C=O) groups is 1. The van der Waals surface area contributed by atoms with Gasteiger partial charge in [-0.15, -0.1) is 13.2 Å². The molecular formula is C23H23F3N2O2. The molecule has 0 saturated carbocycles. The highest BCUT2D eigenvalue weighted by Gasteiger charge is 2.32. The van der Waals surface area contributed by atoms with E-state index in [1.54, 1.807) is 17.0 Å². The van der Waals surface area contributed by atoms with Crippen molar-refractivity contribution in [2.24, 2.45) is 0 Å². The van der Waals surface area contributed by atoms with Gasteiger partial charge in [-0.25, -0.2) is 0 Å². The molecule has 4 rings (SSSR count). The van der Waals surface area contributed by atoms with Crippen LogP contribution in [0, 0.1) is 6.92 Å². The van der Waals surface area contributed by atoms with Gasteiger partial charge in [0.1, 0.15) is 5.75 Å². The van der Waals surface area contributed by atoms with E-state index in [1.165, 1.54) is 23.3 Å². The van der Waals surface area contributed by atoms with Gasteiger partial charge in [-0.1, -0.05) is 24.3 Å². The Hall–Kier alpha value is -2.80. The summed E-state index contributed by atoms with van der Waals surface area (Å²) in [6, 6.07) is 9.84. The highest BCUT2D eigenvalue weighted by molar-refractivity contribution is 6.00. The molecule has 2 aliphatic rings. The molecule has 1 amide bonds. The van der Waals surface area contributed by atoms with E-state index in [-0.39, 0.29) is 11.7 Å². The van der Waals surface area contributed by atoms with Crippen molar-refractivity contribution in [1.29, 1.82) is 0 Å². The van der Waals surface area contributed by atoms with Crippen molar-refractivity contribution >= 4 is 11.5 Å². The molecule has 2 aromatic rings. The molecule has 0 bridgehead atoms. The minimum Gasteiger partial charge on any atom is -0.406 e. The molecule has 0 spiro atoms. The normalized spacial score (nSPS) is 17.2. The Bertz CT molecular complexity index is 997. The monoisotopic (exact) mass is 416 g/mol. The molecule has 2 aliphatic heterocycles.